The van der Waals surface area contributed by atoms with Crippen LogP contribution in [0.4, 0.5) is 0 Å². The number of aromatic nitrogens is 1. The lowest BCUT2D eigenvalue weighted by atomic mass is 9.80. The lowest BCUT2D eigenvalue weighted by molar-refractivity contribution is 0.666. The molecule has 7 rings (SSSR count). The van der Waals surface area contributed by atoms with Crippen LogP contribution in [0.3, 0.4) is 0 Å². The van der Waals surface area contributed by atoms with Crippen molar-refractivity contribution >= 4 is 65.4 Å². The molecule has 0 atom stereocenters. The molecule has 0 saturated carbocycles. The zero-order valence-corrected chi connectivity index (χ0v) is 20.2. The summed E-state index contributed by atoms with van der Waals surface area (Å²) in [7, 11) is 0. The Morgan fingerprint density at radius 1 is 0.818 bits per heavy atom. The Kier molecular flexibility index (Phi) is 3.69. The number of halogens is 1. The molecule has 1 nitrogen and oxygen atoms in total. The van der Waals surface area contributed by atoms with Crippen molar-refractivity contribution in [2.45, 2.75) is 19.3 Å². The van der Waals surface area contributed by atoms with E-state index in [0.717, 1.165) is 10.0 Å². The summed E-state index contributed by atoms with van der Waals surface area (Å²) in [6.07, 6.45) is 1.90. The number of fused-ring (bicyclic) bond motifs is 4. The minimum atomic E-state index is -0.104. The number of hydrogen-bond acceptors (Lipinski definition) is 0. The topological polar surface area (TPSA) is 4.93 Å². The predicted molar refractivity (Wildman–Crippen MR) is 146 cm³/mol. The summed E-state index contributed by atoms with van der Waals surface area (Å²) >= 11 is 3.81. The highest BCUT2D eigenvalue weighted by Crippen LogP contribution is 2.54. The first-order chi connectivity index (χ1) is 16.0. The molecule has 0 radical (unpaired) electrons. The van der Waals surface area contributed by atoms with E-state index in [1.165, 1.54) is 60.2 Å². The molecular weight excluding hydrogens is 466 g/mol. The third-order valence-electron chi connectivity index (χ3n) is 7.55. The Balaban J connectivity index is 1.76. The molecule has 1 aliphatic carbocycles. The number of para-hydroxylation sites is 1. The molecule has 5 aromatic carbocycles. The number of hydrogen-bond donors (Lipinski definition) is 0. The minimum Gasteiger partial charge on any atom is -0.309 e. The zero-order valence-electron chi connectivity index (χ0n) is 18.6. The summed E-state index contributed by atoms with van der Waals surface area (Å²) in [5, 5.41) is 8.02. The van der Waals surface area contributed by atoms with Crippen molar-refractivity contribution in [1.82, 2.24) is 4.57 Å². The van der Waals surface area contributed by atoms with Crippen molar-refractivity contribution < 1.29 is 0 Å². The fourth-order valence-corrected chi connectivity index (χ4v) is 6.50. The number of rotatable bonds is 2. The summed E-state index contributed by atoms with van der Waals surface area (Å²) in [5.41, 5.74) is 7.62. The molecule has 0 amide bonds. The summed E-state index contributed by atoms with van der Waals surface area (Å²) in [6.45, 7) is 8.69. The molecule has 2 heteroatoms. The van der Waals surface area contributed by atoms with Gasteiger partial charge in [0, 0.05) is 26.3 Å². The SMILES string of the molecule is C=Cc1ccc(-n2c3ccccc3c3cc4ccc5c(Br)ccc6c5c4c(c32)C6(C)C)cc1. The Hall–Kier alpha value is -3.36. The molecule has 6 aromatic rings. The van der Waals surface area contributed by atoms with Crippen molar-refractivity contribution in [3.63, 3.8) is 0 Å². The van der Waals surface area contributed by atoms with Crippen LogP contribution < -0.4 is 0 Å². The van der Waals surface area contributed by atoms with Gasteiger partial charge in [-0.15, -0.1) is 0 Å². The summed E-state index contributed by atoms with van der Waals surface area (Å²) in [4.78, 5) is 0. The van der Waals surface area contributed by atoms with Crippen molar-refractivity contribution in [2.75, 3.05) is 0 Å². The second-order valence-electron chi connectivity index (χ2n) is 9.60. The Morgan fingerprint density at radius 2 is 1.61 bits per heavy atom. The second-order valence-corrected chi connectivity index (χ2v) is 10.5. The molecular formula is C31H22BrN. The first-order valence-corrected chi connectivity index (χ1v) is 12.1. The number of benzene rings is 5. The molecule has 0 spiro atoms. The van der Waals surface area contributed by atoms with Gasteiger partial charge in [0.15, 0.2) is 0 Å². The first-order valence-electron chi connectivity index (χ1n) is 11.4. The van der Waals surface area contributed by atoms with Crippen molar-refractivity contribution in [3.8, 4) is 5.69 Å². The van der Waals surface area contributed by atoms with E-state index in [9.17, 15) is 0 Å². The lowest BCUT2D eigenvalue weighted by Gasteiger charge is -2.24. The van der Waals surface area contributed by atoms with Crippen LogP contribution in [0.1, 0.15) is 30.5 Å². The molecule has 1 aromatic heterocycles. The van der Waals surface area contributed by atoms with Gasteiger partial charge < -0.3 is 4.57 Å². The van der Waals surface area contributed by atoms with Gasteiger partial charge in [0.2, 0.25) is 0 Å². The molecule has 0 unspecified atom stereocenters. The van der Waals surface area contributed by atoms with Crippen molar-refractivity contribution in [2.24, 2.45) is 0 Å². The van der Waals surface area contributed by atoms with Crippen LogP contribution in [0.5, 0.6) is 0 Å². The largest absolute Gasteiger partial charge is 0.309 e. The van der Waals surface area contributed by atoms with Gasteiger partial charge in [0.25, 0.3) is 0 Å². The number of nitrogens with zero attached hydrogens (tertiary/aromatic N) is 1. The van der Waals surface area contributed by atoms with Crippen LogP contribution in [-0.2, 0) is 5.41 Å². The van der Waals surface area contributed by atoms with Crippen LogP contribution in [-0.4, -0.2) is 4.57 Å². The monoisotopic (exact) mass is 487 g/mol. The average Bonchev–Trinajstić information content (AvgIpc) is 3.28. The maximum atomic E-state index is 3.93. The van der Waals surface area contributed by atoms with Crippen LogP contribution in [0, 0.1) is 0 Å². The Morgan fingerprint density at radius 3 is 2.39 bits per heavy atom. The van der Waals surface area contributed by atoms with E-state index in [0.29, 0.717) is 0 Å². The highest BCUT2D eigenvalue weighted by atomic mass is 79.9. The third-order valence-corrected chi connectivity index (χ3v) is 8.24. The fourth-order valence-electron chi connectivity index (χ4n) is 6.04. The highest BCUT2D eigenvalue weighted by Gasteiger charge is 2.37. The van der Waals surface area contributed by atoms with Gasteiger partial charge in [-0.3, -0.25) is 0 Å². The van der Waals surface area contributed by atoms with Gasteiger partial charge in [-0.2, -0.15) is 0 Å². The highest BCUT2D eigenvalue weighted by molar-refractivity contribution is 9.10. The summed E-state index contributed by atoms with van der Waals surface area (Å²) in [5.74, 6) is 0. The molecule has 0 aliphatic heterocycles. The van der Waals surface area contributed by atoms with E-state index >= 15 is 0 Å². The molecule has 1 heterocycles. The van der Waals surface area contributed by atoms with E-state index in [-0.39, 0.29) is 5.41 Å². The van der Waals surface area contributed by atoms with Gasteiger partial charge in [0.05, 0.1) is 11.0 Å². The zero-order chi connectivity index (χ0) is 22.5. The van der Waals surface area contributed by atoms with Crippen LogP contribution in [0.15, 0.2) is 89.9 Å². The predicted octanol–water partition coefficient (Wildman–Crippen LogP) is 9.13. The second kappa shape index (κ2) is 6.36. The normalized spacial score (nSPS) is 14.3. The van der Waals surface area contributed by atoms with Gasteiger partial charge in [-0.05, 0) is 68.6 Å². The molecule has 1 aliphatic rings. The molecule has 0 N–H and O–H groups in total. The standard InChI is InChI=1S/C31H22BrN/c1-4-18-9-12-20(13-10-18)33-26-8-6-5-7-21(26)23-17-19-11-14-22-25(32)16-15-24-28(22)27(19)29(30(23)33)31(24,2)3/h4-17H,1H2,2-3H3. The quantitative estimate of drug-likeness (QED) is 0.214. The van der Waals surface area contributed by atoms with Gasteiger partial charge in [0.1, 0.15) is 0 Å². The van der Waals surface area contributed by atoms with Crippen LogP contribution >= 0.6 is 15.9 Å². The molecule has 0 fully saturated rings. The Bertz CT molecular complexity index is 1800. The van der Waals surface area contributed by atoms with Gasteiger partial charge >= 0.3 is 0 Å². The molecule has 0 saturated heterocycles. The van der Waals surface area contributed by atoms with E-state index in [1.54, 1.807) is 0 Å². The van der Waals surface area contributed by atoms with Crippen molar-refractivity contribution in [1.29, 1.82) is 0 Å². The van der Waals surface area contributed by atoms with Crippen LogP contribution in [0.2, 0.25) is 0 Å². The maximum Gasteiger partial charge on any atom is 0.0588 e. The smallest absolute Gasteiger partial charge is 0.0588 e. The van der Waals surface area contributed by atoms with Crippen LogP contribution in [0.25, 0.3) is 55.1 Å². The Labute approximate surface area is 201 Å². The van der Waals surface area contributed by atoms with E-state index < -0.39 is 0 Å². The van der Waals surface area contributed by atoms with Gasteiger partial charge in [-0.25, -0.2) is 0 Å². The minimum absolute atomic E-state index is 0.104. The molecule has 0 bridgehead atoms. The summed E-state index contributed by atoms with van der Waals surface area (Å²) in [6, 6.07) is 29.0. The van der Waals surface area contributed by atoms with E-state index in [1.807, 2.05) is 6.08 Å². The van der Waals surface area contributed by atoms with E-state index in [4.69, 9.17) is 0 Å². The third kappa shape index (κ3) is 2.32. The molecule has 33 heavy (non-hydrogen) atoms. The van der Waals surface area contributed by atoms with Crippen molar-refractivity contribution in [3.05, 3.63) is 107 Å². The first kappa shape index (κ1) is 19.1. The summed E-state index contributed by atoms with van der Waals surface area (Å²) < 4.78 is 3.63. The maximum absolute atomic E-state index is 3.93. The molecule has 158 valence electrons. The van der Waals surface area contributed by atoms with Gasteiger partial charge in [-0.1, -0.05) is 91.0 Å². The fraction of sp³-hybridized carbons (Fsp3) is 0.0968. The average molecular weight is 488 g/mol. The lowest BCUT2D eigenvalue weighted by Crippen LogP contribution is -2.17. The van der Waals surface area contributed by atoms with E-state index in [2.05, 4.69) is 120 Å².